The Morgan fingerprint density at radius 1 is 1.53 bits per heavy atom. The van der Waals surface area contributed by atoms with E-state index in [-0.39, 0.29) is 11.0 Å². The van der Waals surface area contributed by atoms with E-state index in [2.05, 4.69) is 38.4 Å². The maximum Gasteiger partial charge on any atom is 0.220 e. The van der Waals surface area contributed by atoms with Crippen LogP contribution in [0.15, 0.2) is 32.9 Å². The molecule has 1 aromatic carbocycles. The number of hydrogen-bond donors (Lipinski definition) is 2. The lowest BCUT2D eigenvalue weighted by Gasteiger charge is -2.03. The lowest BCUT2D eigenvalue weighted by Crippen LogP contribution is -2.01. The number of alkyl halides is 1. The largest absolute Gasteiger partial charge is 0.493 e. The number of nitrogens with two attached hydrogens (primary N) is 1. The molecule has 0 spiro atoms. The smallest absolute Gasteiger partial charge is 0.220 e. The van der Waals surface area contributed by atoms with Crippen LogP contribution in [0.5, 0.6) is 5.88 Å². The third-order valence-electron chi connectivity index (χ3n) is 2.53. The van der Waals surface area contributed by atoms with E-state index in [1.807, 2.05) is 18.2 Å². The van der Waals surface area contributed by atoms with E-state index < -0.39 is 0 Å². The molecule has 1 aromatic heterocycles. The second-order valence-electron chi connectivity index (χ2n) is 3.71. The van der Waals surface area contributed by atoms with E-state index >= 15 is 0 Å². The molecule has 19 heavy (non-hydrogen) atoms. The fraction of sp³-hybridized carbons (Fsp3) is 0.182. The van der Waals surface area contributed by atoms with Crippen molar-refractivity contribution in [3.63, 3.8) is 0 Å². The minimum Gasteiger partial charge on any atom is -0.493 e. The van der Waals surface area contributed by atoms with Gasteiger partial charge in [0, 0.05) is 22.3 Å². The van der Waals surface area contributed by atoms with Crippen LogP contribution in [0.3, 0.4) is 0 Å². The van der Waals surface area contributed by atoms with E-state index in [9.17, 15) is 5.11 Å². The molecular formula is C11H10BrClN4OS. The first kappa shape index (κ1) is 14.2. The number of benzene rings is 1. The van der Waals surface area contributed by atoms with Gasteiger partial charge in [-0.1, -0.05) is 15.9 Å². The lowest BCUT2D eigenvalue weighted by atomic mass is 10.2. The zero-order valence-electron chi connectivity index (χ0n) is 9.68. The van der Waals surface area contributed by atoms with Gasteiger partial charge < -0.3 is 15.4 Å². The number of nitrogens with zero attached hydrogens (tertiary/aromatic N) is 3. The van der Waals surface area contributed by atoms with Gasteiger partial charge in [0.1, 0.15) is 0 Å². The lowest BCUT2D eigenvalue weighted by molar-refractivity contribution is 0.427. The Bertz CT molecular complexity index is 670. The summed E-state index contributed by atoms with van der Waals surface area (Å²) in [7, 11) is 0. The van der Waals surface area contributed by atoms with Crippen molar-refractivity contribution in [1.82, 2.24) is 4.57 Å². The van der Waals surface area contributed by atoms with Crippen molar-refractivity contribution in [2.45, 2.75) is 6.54 Å². The van der Waals surface area contributed by atoms with Crippen molar-refractivity contribution in [1.29, 1.82) is 0 Å². The molecule has 0 atom stereocenters. The van der Waals surface area contributed by atoms with Gasteiger partial charge in [-0.15, -0.1) is 21.8 Å². The summed E-state index contributed by atoms with van der Waals surface area (Å²) in [6, 6.07) is 5.58. The van der Waals surface area contributed by atoms with Crippen LogP contribution in [-0.4, -0.2) is 20.7 Å². The van der Waals surface area contributed by atoms with Crippen LogP contribution in [0.4, 0.5) is 5.69 Å². The predicted octanol–water partition coefficient (Wildman–Crippen LogP) is 3.68. The van der Waals surface area contributed by atoms with Crippen molar-refractivity contribution >= 4 is 61.5 Å². The summed E-state index contributed by atoms with van der Waals surface area (Å²) >= 11 is 13.8. The molecule has 0 unspecified atom stereocenters. The van der Waals surface area contributed by atoms with Gasteiger partial charge in [0.15, 0.2) is 5.69 Å². The maximum absolute atomic E-state index is 10.2. The van der Waals surface area contributed by atoms with Gasteiger partial charge in [-0.2, -0.15) is 0 Å². The minimum atomic E-state index is -0.0901. The van der Waals surface area contributed by atoms with Gasteiger partial charge in [-0.05, 0) is 30.4 Å². The van der Waals surface area contributed by atoms with Crippen LogP contribution >= 0.6 is 39.7 Å². The summed E-state index contributed by atoms with van der Waals surface area (Å²) in [5.41, 5.74) is 6.43. The molecule has 2 aromatic rings. The summed E-state index contributed by atoms with van der Waals surface area (Å²) in [6.07, 6.45) is 0. The number of aromatic nitrogens is 1. The highest BCUT2D eigenvalue weighted by molar-refractivity contribution is 9.10. The standard InChI is InChI=1S/C11H10BrClN4OS/c12-6-1-2-8-7(5-6)9(15-16-11(14)19)10(18)17(8)4-3-13/h1-2,5,18H,3-4H2,(H2,14,19). The molecule has 0 aliphatic rings. The van der Waals surface area contributed by atoms with E-state index in [4.69, 9.17) is 17.3 Å². The first-order chi connectivity index (χ1) is 9.04. The molecule has 1 heterocycles. The van der Waals surface area contributed by atoms with Crippen LogP contribution in [-0.2, 0) is 6.54 Å². The van der Waals surface area contributed by atoms with Crippen molar-refractivity contribution in [2.24, 2.45) is 16.0 Å². The van der Waals surface area contributed by atoms with Crippen molar-refractivity contribution in [2.75, 3.05) is 5.88 Å². The third-order valence-corrected chi connectivity index (χ3v) is 3.27. The number of azo groups is 1. The molecule has 0 saturated carbocycles. The number of aromatic hydroxyl groups is 1. The van der Waals surface area contributed by atoms with E-state index in [0.717, 1.165) is 15.4 Å². The molecule has 0 bridgehead atoms. The van der Waals surface area contributed by atoms with Gasteiger partial charge in [-0.25, -0.2) is 0 Å². The van der Waals surface area contributed by atoms with E-state index in [0.29, 0.717) is 18.1 Å². The highest BCUT2D eigenvalue weighted by Crippen LogP contribution is 2.40. The minimum absolute atomic E-state index is 0.00579. The van der Waals surface area contributed by atoms with E-state index in [1.54, 1.807) is 4.57 Å². The SMILES string of the molecule is NC(=S)N=Nc1c(O)n(CCCl)c2ccc(Br)cc12. The fourth-order valence-electron chi connectivity index (χ4n) is 1.80. The van der Waals surface area contributed by atoms with Gasteiger partial charge in [0.2, 0.25) is 11.0 Å². The van der Waals surface area contributed by atoms with Crippen molar-refractivity contribution < 1.29 is 5.11 Å². The van der Waals surface area contributed by atoms with Gasteiger partial charge in [0.25, 0.3) is 0 Å². The number of aryl methyl sites for hydroxylation is 1. The third kappa shape index (κ3) is 2.88. The molecule has 100 valence electrons. The average molecular weight is 362 g/mol. The van der Waals surface area contributed by atoms with Crippen LogP contribution in [0.2, 0.25) is 0 Å². The Labute approximate surface area is 128 Å². The highest BCUT2D eigenvalue weighted by Gasteiger charge is 2.16. The molecule has 0 radical (unpaired) electrons. The molecular weight excluding hydrogens is 352 g/mol. The second kappa shape index (κ2) is 5.85. The fourth-order valence-corrected chi connectivity index (χ4v) is 2.38. The zero-order chi connectivity index (χ0) is 14.0. The molecule has 0 saturated heterocycles. The van der Waals surface area contributed by atoms with Crippen LogP contribution in [0.25, 0.3) is 10.9 Å². The summed E-state index contributed by atoms with van der Waals surface area (Å²) in [6.45, 7) is 0.466. The number of thiocarbonyl (C=S) groups is 1. The Hall–Kier alpha value is -1.18. The predicted molar refractivity (Wildman–Crippen MR) is 83.3 cm³/mol. The first-order valence-electron chi connectivity index (χ1n) is 5.32. The summed E-state index contributed by atoms with van der Waals surface area (Å²) in [5.74, 6) is 0.369. The van der Waals surface area contributed by atoms with Gasteiger partial charge in [0.05, 0.1) is 5.52 Å². The highest BCUT2D eigenvalue weighted by atomic mass is 79.9. The Kier molecular flexibility index (Phi) is 4.38. The maximum atomic E-state index is 10.2. The molecule has 5 nitrogen and oxygen atoms in total. The second-order valence-corrected chi connectivity index (χ2v) is 5.42. The summed E-state index contributed by atoms with van der Waals surface area (Å²) in [5, 5.41) is 18.4. The molecule has 0 fully saturated rings. The van der Waals surface area contributed by atoms with Crippen LogP contribution in [0.1, 0.15) is 0 Å². The Morgan fingerprint density at radius 3 is 2.89 bits per heavy atom. The topological polar surface area (TPSA) is 75.9 Å². The zero-order valence-corrected chi connectivity index (χ0v) is 12.8. The van der Waals surface area contributed by atoms with Gasteiger partial charge in [-0.3, -0.25) is 0 Å². The molecule has 0 aliphatic heterocycles. The Balaban J connectivity index is 2.70. The Morgan fingerprint density at radius 2 is 2.26 bits per heavy atom. The summed E-state index contributed by atoms with van der Waals surface area (Å²) < 4.78 is 2.54. The number of halogens is 2. The van der Waals surface area contributed by atoms with Gasteiger partial charge >= 0.3 is 0 Å². The van der Waals surface area contributed by atoms with Crippen LogP contribution in [0, 0.1) is 0 Å². The molecule has 3 N–H and O–H groups in total. The first-order valence-corrected chi connectivity index (χ1v) is 7.06. The molecule has 0 aliphatic carbocycles. The van der Waals surface area contributed by atoms with Crippen molar-refractivity contribution in [3.8, 4) is 5.88 Å². The molecule has 2 rings (SSSR count). The molecule has 8 heteroatoms. The normalized spacial score (nSPS) is 11.5. The number of rotatable bonds is 3. The average Bonchev–Trinajstić information content (AvgIpc) is 2.60. The van der Waals surface area contributed by atoms with Crippen LogP contribution < -0.4 is 5.73 Å². The number of fused-ring (bicyclic) bond motifs is 1. The number of hydrogen-bond acceptors (Lipinski definition) is 3. The summed E-state index contributed by atoms with van der Waals surface area (Å²) in [4.78, 5) is 0. The monoisotopic (exact) mass is 360 g/mol. The quantitative estimate of drug-likeness (QED) is 0.497. The molecule has 0 amide bonds. The van der Waals surface area contributed by atoms with Crippen molar-refractivity contribution in [3.05, 3.63) is 22.7 Å². The van der Waals surface area contributed by atoms with E-state index in [1.165, 1.54) is 0 Å².